The van der Waals surface area contributed by atoms with Crippen LogP contribution in [0.5, 0.6) is 5.75 Å². The van der Waals surface area contributed by atoms with Crippen LogP contribution in [0.3, 0.4) is 0 Å². The van der Waals surface area contributed by atoms with Crippen molar-refractivity contribution in [3.63, 3.8) is 0 Å². The molecule has 1 aromatic carbocycles. The number of ketones is 1. The number of benzene rings is 1. The molecule has 0 saturated carbocycles. The van der Waals surface area contributed by atoms with Gasteiger partial charge in [-0.05, 0) is 18.6 Å². The molecule has 0 radical (unpaired) electrons. The van der Waals surface area contributed by atoms with E-state index in [1.165, 1.54) is 6.07 Å². The maximum absolute atomic E-state index is 13.0. The van der Waals surface area contributed by atoms with Gasteiger partial charge in [-0.2, -0.15) is 0 Å². The quantitative estimate of drug-likeness (QED) is 0.848. The number of pyridine rings is 1. The zero-order valence-electron chi connectivity index (χ0n) is 10.2. The molecule has 0 aliphatic heterocycles. The van der Waals surface area contributed by atoms with Crippen LogP contribution in [0.25, 0.3) is 0 Å². The van der Waals surface area contributed by atoms with Crippen molar-refractivity contribution in [2.24, 2.45) is 0 Å². The zero-order valence-corrected chi connectivity index (χ0v) is 10.2. The van der Waals surface area contributed by atoms with Gasteiger partial charge in [0.25, 0.3) is 0 Å². The van der Waals surface area contributed by atoms with Crippen LogP contribution in [0.1, 0.15) is 27.9 Å². The summed E-state index contributed by atoms with van der Waals surface area (Å²) in [5.74, 6) is 0.482. The third-order valence-electron chi connectivity index (χ3n) is 3.19. The maximum Gasteiger partial charge on any atom is 0.163 e. The number of hydrogen-bond donors (Lipinski definition) is 0. The molecular weight excluding hydrogens is 245 g/mol. The smallest absolute Gasteiger partial charge is 0.163 e. The van der Waals surface area contributed by atoms with Gasteiger partial charge in [0.05, 0.1) is 6.20 Å². The summed E-state index contributed by atoms with van der Waals surface area (Å²) >= 11 is 0. The van der Waals surface area contributed by atoms with Gasteiger partial charge in [-0.1, -0.05) is 12.1 Å². The second-order valence-corrected chi connectivity index (χ2v) is 4.51. The number of carbonyl (C=O) groups excluding carboxylic acids is 1. The molecule has 4 heteroatoms. The number of Topliss-reactive ketones (excluding diaryl/α,β-unsaturated/α-hetero) is 1. The highest BCUT2D eigenvalue weighted by Gasteiger charge is 2.22. The Morgan fingerprint density at radius 3 is 3.00 bits per heavy atom. The minimum Gasteiger partial charge on any atom is -0.489 e. The molecule has 0 unspecified atom stereocenters. The summed E-state index contributed by atoms with van der Waals surface area (Å²) in [5.41, 5.74) is 2.37. The molecule has 0 spiro atoms. The lowest BCUT2D eigenvalue weighted by Gasteiger charge is -2.10. The molecule has 1 aromatic heterocycles. The zero-order chi connectivity index (χ0) is 13.2. The Morgan fingerprint density at radius 2 is 2.16 bits per heavy atom. The molecule has 19 heavy (non-hydrogen) atoms. The van der Waals surface area contributed by atoms with E-state index in [1.54, 1.807) is 12.3 Å². The second kappa shape index (κ2) is 4.80. The largest absolute Gasteiger partial charge is 0.489 e. The molecule has 0 atom stereocenters. The van der Waals surface area contributed by atoms with E-state index >= 15 is 0 Å². The van der Waals surface area contributed by atoms with Crippen molar-refractivity contribution in [2.45, 2.75) is 19.4 Å². The van der Waals surface area contributed by atoms with Crippen LogP contribution >= 0.6 is 0 Å². The molecule has 1 aliphatic carbocycles. The molecule has 0 N–H and O–H groups in total. The van der Waals surface area contributed by atoms with Gasteiger partial charge in [0.2, 0.25) is 0 Å². The topological polar surface area (TPSA) is 39.2 Å². The maximum atomic E-state index is 13.0. The van der Waals surface area contributed by atoms with E-state index in [9.17, 15) is 9.18 Å². The van der Waals surface area contributed by atoms with Crippen LogP contribution in [0.2, 0.25) is 0 Å². The van der Waals surface area contributed by atoms with E-state index in [-0.39, 0.29) is 18.2 Å². The summed E-state index contributed by atoms with van der Waals surface area (Å²) in [5, 5.41) is 0. The lowest BCUT2D eigenvalue weighted by molar-refractivity contribution is 0.0994. The number of ether oxygens (including phenoxy) is 1. The van der Waals surface area contributed by atoms with E-state index in [0.29, 0.717) is 24.2 Å². The van der Waals surface area contributed by atoms with E-state index in [0.717, 1.165) is 17.3 Å². The monoisotopic (exact) mass is 257 g/mol. The van der Waals surface area contributed by atoms with Gasteiger partial charge >= 0.3 is 0 Å². The Bertz CT molecular complexity index is 640. The number of aromatic nitrogens is 1. The van der Waals surface area contributed by atoms with E-state index in [2.05, 4.69) is 4.98 Å². The van der Waals surface area contributed by atoms with Crippen LogP contribution in [0.4, 0.5) is 4.39 Å². The SMILES string of the molecule is O=C1CCc2c(OCc3cncc(F)c3)cccc21. The molecule has 2 aromatic rings. The van der Waals surface area contributed by atoms with E-state index in [4.69, 9.17) is 4.74 Å². The van der Waals surface area contributed by atoms with Crippen molar-refractivity contribution in [3.05, 3.63) is 59.2 Å². The average Bonchev–Trinajstić information content (AvgIpc) is 2.79. The second-order valence-electron chi connectivity index (χ2n) is 4.51. The first-order valence-electron chi connectivity index (χ1n) is 6.11. The van der Waals surface area contributed by atoms with Gasteiger partial charge in [0.15, 0.2) is 5.78 Å². The van der Waals surface area contributed by atoms with Crippen molar-refractivity contribution >= 4 is 5.78 Å². The fourth-order valence-corrected chi connectivity index (χ4v) is 2.29. The Balaban J connectivity index is 1.80. The van der Waals surface area contributed by atoms with Gasteiger partial charge in [0.1, 0.15) is 18.2 Å². The third kappa shape index (κ3) is 2.34. The molecular formula is C15H12FNO2. The molecule has 0 amide bonds. The Labute approximate surface area is 110 Å². The highest BCUT2D eigenvalue weighted by atomic mass is 19.1. The highest BCUT2D eigenvalue weighted by molar-refractivity contribution is 6.01. The third-order valence-corrected chi connectivity index (χ3v) is 3.19. The number of hydrogen-bond acceptors (Lipinski definition) is 3. The number of halogens is 1. The van der Waals surface area contributed by atoms with Crippen LogP contribution in [-0.4, -0.2) is 10.8 Å². The van der Waals surface area contributed by atoms with Crippen molar-refractivity contribution in [3.8, 4) is 5.75 Å². The van der Waals surface area contributed by atoms with Gasteiger partial charge in [-0.3, -0.25) is 9.78 Å². The Hall–Kier alpha value is -2.23. The van der Waals surface area contributed by atoms with Gasteiger partial charge in [-0.25, -0.2) is 4.39 Å². The summed E-state index contributed by atoms with van der Waals surface area (Å²) in [6.45, 7) is 0.245. The predicted molar refractivity (Wildman–Crippen MR) is 67.6 cm³/mol. The van der Waals surface area contributed by atoms with Gasteiger partial charge < -0.3 is 4.74 Å². The number of rotatable bonds is 3. The summed E-state index contributed by atoms with van der Waals surface area (Å²) in [6, 6.07) is 6.86. The fourth-order valence-electron chi connectivity index (χ4n) is 2.29. The van der Waals surface area contributed by atoms with Crippen LogP contribution in [0.15, 0.2) is 36.7 Å². The first kappa shape index (κ1) is 11.8. The standard InChI is InChI=1S/C15H12FNO2/c16-11-6-10(7-17-8-11)9-19-15-3-1-2-12-13(15)4-5-14(12)18/h1-3,6-8H,4-5,9H2. The molecule has 0 saturated heterocycles. The lowest BCUT2D eigenvalue weighted by atomic mass is 10.1. The van der Waals surface area contributed by atoms with Crippen LogP contribution < -0.4 is 4.74 Å². The predicted octanol–water partition coefficient (Wildman–Crippen LogP) is 2.93. The molecule has 3 nitrogen and oxygen atoms in total. The first-order chi connectivity index (χ1) is 9.24. The highest BCUT2D eigenvalue weighted by Crippen LogP contribution is 2.30. The molecule has 0 fully saturated rings. The Kier molecular flexibility index (Phi) is 2.99. The minimum atomic E-state index is -0.380. The molecule has 1 aliphatic rings. The van der Waals surface area contributed by atoms with Crippen molar-refractivity contribution in [1.29, 1.82) is 0 Å². The molecule has 0 bridgehead atoms. The lowest BCUT2D eigenvalue weighted by Crippen LogP contribution is -2.00. The average molecular weight is 257 g/mol. The van der Waals surface area contributed by atoms with Gasteiger partial charge in [-0.15, -0.1) is 0 Å². The molecule has 1 heterocycles. The molecule has 3 rings (SSSR count). The van der Waals surface area contributed by atoms with E-state index < -0.39 is 0 Å². The van der Waals surface area contributed by atoms with Crippen molar-refractivity contribution in [2.75, 3.05) is 0 Å². The van der Waals surface area contributed by atoms with Crippen molar-refractivity contribution < 1.29 is 13.9 Å². The molecule has 96 valence electrons. The summed E-state index contributed by atoms with van der Waals surface area (Å²) in [7, 11) is 0. The van der Waals surface area contributed by atoms with Gasteiger partial charge in [0, 0.05) is 29.3 Å². The van der Waals surface area contributed by atoms with E-state index in [1.807, 2.05) is 12.1 Å². The minimum absolute atomic E-state index is 0.160. The first-order valence-corrected chi connectivity index (χ1v) is 6.11. The normalized spacial score (nSPS) is 13.4. The summed E-state index contributed by atoms with van der Waals surface area (Å²) in [6.07, 6.45) is 3.97. The summed E-state index contributed by atoms with van der Waals surface area (Å²) < 4.78 is 18.7. The number of nitrogens with zero attached hydrogens (tertiary/aromatic N) is 1. The fraction of sp³-hybridized carbons (Fsp3) is 0.200. The number of fused-ring (bicyclic) bond motifs is 1. The summed E-state index contributed by atoms with van der Waals surface area (Å²) in [4.78, 5) is 15.4. The Morgan fingerprint density at radius 1 is 1.26 bits per heavy atom. The van der Waals surface area contributed by atoms with Crippen molar-refractivity contribution in [1.82, 2.24) is 4.98 Å². The van der Waals surface area contributed by atoms with Crippen LogP contribution in [0, 0.1) is 5.82 Å². The van der Waals surface area contributed by atoms with Crippen LogP contribution in [-0.2, 0) is 13.0 Å². The number of carbonyl (C=O) groups is 1.